The number of aryl methyl sites for hydroxylation is 2. The first kappa shape index (κ1) is 22.1. The van der Waals surface area contributed by atoms with Crippen LogP contribution in [0.3, 0.4) is 0 Å². The van der Waals surface area contributed by atoms with Gasteiger partial charge in [0, 0.05) is 23.5 Å². The number of nitrogens with zero attached hydrogens (tertiary/aromatic N) is 2. The molecule has 0 atom stereocenters. The molecule has 0 aliphatic carbocycles. The molecule has 0 saturated heterocycles. The van der Waals surface area contributed by atoms with Crippen LogP contribution < -0.4 is 0 Å². The van der Waals surface area contributed by atoms with Crippen LogP contribution in [0.4, 0.5) is 4.39 Å². The van der Waals surface area contributed by atoms with Crippen molar-refractivity contribution in [1.82, 2.24) is 9.97 Å². The number of hydrogen-bond donors (Lipinski definition) is 0. The third-order valence-corrected chi connectivity index (χ3v) is 5.62. The molecule has 0 N–H and O–H groups in total. The molecule has 3 aromatic rings. The minimum atomic E-state index is -0.168. The van der Waals surface area contributed by atoms with E-state index in [9.17, 15) is 4.39 Å². The molecule has 30 heavy (non-hydrogen) atoms. The Hall–Kier alpha value is -2.55. The third-order valence-electron chi connectivity index (χ3n) is 5.62. The summed E-state index contributed by atoms with van der Waals surface area (Å²) >= 11 is 0. The number of benzene rings is 2. The summed E-state index contributed by atoms with van der Waals surface area (Å²) in [6.45, 7) is 4.36. The van der Waals surface area contributed by atoms with Crippen molar-refractivity contribution in [3.8, 4) is 22.5 Å². The van der Waals surface area contributed by atoms with E-state index >= 15 is 0 Å². The fourth-order valence-electron chi connectivity index (χ4n) is 3.68. The molecule has 0 aliphatic heterocycles. The van der Waals surface area contributed by atoms with Gasteiger partial charge in [0.25, 0.3) is 0 Å². The molecule has 1 heterocycles. The standard InChI is InChI=1S/C27H33FN2/c1-3-5-7-8-9-10-21-12-14-22(15-13-21)25-19-29-27(30-20-25)24-17-16-23(11-6-4-2)26(28)18-24/h12-20H,3-11H2,1-2H3. The second-order valence-electron chi connectivity index (χ2n) is 8.07. The van der Waals surface area contributed by atoms with Crippen molar-refractivity contribution in [2.45, 2.75) is 71.6 Å². The summed E-state index contributed by atoms with van der Waals surface area (Å²) in [4.78, 5) is 8.96. The van der Waals surface area contributed by atoms with E-state index < -0.39 is 0 Å². The van der Waals surface area contributed by atoms with Gasteiger partial charge in [0.05, 0.1) is 0 Å². The second kappa shape index (κ2) is 11.6. The molecule has 2 nitrogen and oxygen atoms in total. The largest absolute Gasteiger partial charge is 0.236 e. The molecular weight excluding hydrogens is 371 g/mol. The van der Waals surface area contributed by atoms with Crippen molar-refractivity contribution in [3.05, 3.63) is 71.8 Å². The molecule has 1 aromatic heterocycles. The maximum Gasteiger partial charge on any atom is 0.159 e. The number of halogens is 1. The van der Waals surface area contributed by atoms with Crippen molar-refractivity contribution >= 4 is 0 Å². The van der Waals surface area contributed by atoms with E-state index in [0.717, 1.165) is 47.9 Å². The van der Waals surface area contributed by atoms with Gasteiger partial charge in [0.1, 0.15) is 5.82 Å². The highest BCUT2D eigenvalue weighted by molar-refractivity contribution is 5.64. The first-order chi connectivity index (χ1) is 14.7. The molecule has 0 spiro atoms. The summed E-state index contributed by atoms with van der Waals surface area (Å²) < 4.78 is 14.3. The first-order valence-electron chi connectivity index (χ1n) is 11.4. The average molecular weight is 405 g/mol. The summed E-state index contributed by atoms with van der Waals surface area (Å²) in [5, 5.41) is 0. The van der Waals surface area contributed by atoms with E-state index in [0.29, 0.717) is 5.82 Å². The molecule has 0 radical (unpaired) electrons. The fourth-order valence-corrected chi connectivity index (χ4v) is 3.68. The molecule has 3 heteroatoms. The number of rotatable bonds is 11. The van der Waals surface area contributed by atoms with Gasteiger partial charge < -0.3 is 0 Å². The van der Waals surface area contributed by atoms with Crippen LogP contribution in [-0.2, 0) is 12.8 Å². The van der Waals surface area contributed by atoms with Crippen LogP contribution >= 0.6 is 0 Å². The highest BCUT2D eigenvalue weighted by atomic mass is 19.1. The lowest BCUT2D eigenvalue weighted by Gasteiger charge is -2.07. The first-order valence-corrected chi connectivity index (χ1v) is 11.4. The van der Waals surface area contributed by atoms with Crippen molar-refractivity contribution in [1.29, 1.82) is 0 Å². The van der Waals surface area contributed by atoms with E-state index in [4.69, 9.17) is 0 Å². The Kier molecular flexibility index (Phi) is 8.55. The van der Waals surface area contributed by atoms with Gasteiger partial charge in [-0.3, -0.25) is 0 Å². The molecule has 0 saturated carbocycles. The SMILES string of the molecule is CCCCCCCc1ccc(-c2cnc(-c3ccc(CCCC)c(F)c3)nc2)cc1. The summed E-state index contributed by atoms with van der Waals surface area (Å²) in [5.41, 5.74) is 4.96. The van der Waals surface area contributed by atoms with Gasteiger partial charge in [-0.1, -0.05) is 82.3 Å². The van der Waals surface area contributed by atoms with Crippen molar-refractivity contribution in [2.75, 3.05) is 0 Å². The van der Waals surface area contributed by atoms with Crippen molar-refractivity contribution < 1.29 is 4.39 Å². The molecule has 0 aliphatic rings. The van der Waals surface area contributed by atoms with Crippen LogP contribution in [-0.4, -0.2) is 9.97 Å². The number of unbranched alkanes of at least 4 members (excludes halogenated alkanes) is 5. The van der Waals surface area contributed by atoms with E-state index in [2.05, 4.69) is 48.1 Å². The van der Waals surface area contributed by atoms with Gasteiger partial charge in [-0.15, -0.1) is 0 Å². The minimum absolute atomic E-state index is 0.168. The van der Waals surface area contributed by atoms with Gasteiger partial charge in [0.15, 0.2) is 5.82 Å². The summed E-state index contributed by atoms with van der Waals surface area (Å²) in [6, 6.07) is 14.0. The molecular formula is C27H33FN2. The lowest BCUT2D eigenvalue weighted by atomic mass is 10.0. The van der Waals surface area contributed by atoms with E-state index in [1.807, 2.05) is 24.5 Å². The van der Waals surface area contributed by atoms with Crippen LogP contribution in [0.5, 0.6) is 0 Å². The molecule has 0 fully saturated rings. The monoisotopic (exact) mass is 404 g/mol. The Labute approximate surface area is 180 Å². The maximum absolute atomic E-state index is 14.3. The summed E-state index contributed by atoms with van der Waals surface area (Å²) in [5.74, 6) is 0.391. The number of aromatic nitrogens is 2. The highest BCUT2D eigenvalue weighted by Crippen LogP contribution is 2.23. The molecule has 3 rings (SSSR count). The summed E-state index contributed by atoms with van der Waals surface area (Å²) in [6.07, 6.45) is 14.1. The van der Waals surface area contributed by atoms with Crippen LogP contribution in [0, 0.1) is 5.82 Å². The summed E-state index contributed by atoms with van der Waals surface area (Å²) in [7, 11) is 0. The van der Waals surface area contributed by atoms with Crippen LogP contribution in [0.25, 0.3) is 22.5 Å². The Bertz CT molecular complexity index is 901. The van der Waals surface area contributed by atoms with Gasteiger partial charge in [-0.2, -0.15) is 0 Å². The maximum atomic E-state index is 14.3. The lowest BCUT2D eigenvalue weighted by molar-refractivity contribution is 0.603. The van der Waals surface area contributed by atoms with Crippen molar-refractivity contribution in [3.63, 3.8) is 0 Å². The van der Waals surface area contributed by atoms with Crippen LogP contribution in [0.1, 0.15) is 69.9 Å². The highest BCUT2D eigenvalue weighted by Gasteiger charge is 2.08. The number of hydrogen-bond acceptors (Lipinski definition) is 2. The van der Waals surface area contributed by atoms with Gasteiger partial charge in [-0.05, 0) is 48.4 Å². The van der Waals surface area contributed by atoms with E-state index in [-0.39, 0.29) is 5.82 Å². The minimum Gasteiger partial charge on any atom is -0.236 e. The zero-order valence-electron chi connectivity index (χ0n) is 18.3. The zero-order valence-corrected chi connectivity index (χ0v) is 18.3. The average Bonchev–Trinajstić information content (AvgIpc) is 2.79. The van der Waals surface area contributed by atoms with Gasteiger partial charge in [0.2, 0.25) is 0 Å². The zero-order chi connectivity index (χ0) is 21.2. The predicted octanol–water partition coefficient (Wildman–Crippen LogP) is 7.81. The molecule has 0 unspecified atom stereocenters. The second-order valence-corrected chi connectivity index (χ2v) is 8.07. The lowest BCUT2D eigenvalue weighted by Crippen LogP contribution is -1.94. The Morgan fingerprint density at radius 2 is 1.33 bits per heavy atom. The third kappa shape index (κ3) is 6.22. The van der Waals surface area contributed by atoms with Crippen molar-refractivity contribution in [2.24, 2.45) is 0 Å². The topological polar surface area (TPSA) is 25.8 Å². The normalized spacial score (nSPS) is 11.0. The van der Waals surface area contributed by atoms with Gasteiger partial charge >= 0.3 is 0 Å². The smallest absolute Gasteiger partial charge is 0.159 e. The van der Waals surface area contributed by atoms with E-state index in [1.54, 1.807) is 6.07 Å². The Balaban J connectivity index is 1.62. The molecule has 158 valence electrons. The fraction of sp³-hybridized carbons (Fsp3) is 0.407. The quantitative estimate of drug-likeness (QED) is 0.305. The molecule has 2 aromatic carbocycles. The van der Waals surface area contributed by atoms with E-state index in [1.165, 1.54) is 37.7 Å². The molecule has 0 amide bonds. The Morgan fingerprint density at radius 1 is 0.667 bits per heavy atom. The van der Waals surface area contributed by atoms with Gasteiger partial charge in [-0.25, -0.2) is 14.4 Å². The Morgan fingerprint density at radius 3 is 2.00 bits per heavy atom. The van der Waals surface area contributed by atoms with Crippen LogP contribution in [0.15, 0.2) is 54.9 Å². The molecule has 0 bridgehead atoms. The predicted molar refractivity (Wildman–Crippen MR) is 124 cm³/mol. The van der Waals surface area contributed by atoms with Crippen LogP contribution in [0.2, 0.25) is 0 Å².